The Balaban J connectivity index is 2.53. The minimum atomic E-state index is -0.676. The van der Waals surface area contributed by atoms with Crippen molar-refractivity contribution in [2.24, 2.45) is 0 Å². The van der Waals surface area contributed by atoms with E-state index in [1.54, 1.807) is 31.2 Å². The quantitative estimate of drug-likeness (QED) is 0.676. The molecule has 4 N–H and O–H groups in total. The van der Waals surface area contributed by atoms with E-state index >= 15 is 0 Å². The van der Waals surface area contributed by atoms with Crippen LogP contribution in [0.2, 0.25) is 0 Å². The first-order chi connectivity index (χ1) is 11.1. The third kappa shape index (κ3) is 6.99. The Kier molecular flexibility index (Phi) is 6.58. The summed E-state index contributed by atoms with van der Waals surface area (Å²) in [7, 11) is 1.27. The predicted octanol–water partition coefficient (Wildman–Crippen LogP) is 2.29. The van der Waals surface area contributed by atoms with Crippen LogP contribution < -0.4 is 21.3 Å². The lowest BCUT2D eigenvalue weighted by molar-refractivity contribution is -0.123. The van der Waals surface area contributed by atoms with E-state index in [-0.39, 0.29) is 11.4 Å². The van der Waals surface area contributed by atoms with Crippen LogP contribution in [-0.2, 0) is 9.53 Å². The molecule has 0 fully saturated rings. The molecule has 0 aromatic heterocycles. The van der Waals surface area contributed by atoms with Gasteiger partial charge in [-0.1, -0.05) is 0 Å². The summed E-state index contributed by atoms with van der Waals surface area (Å²) >= 11 is 0. The molecule has 132 valence electrons. The number of methoxy groups -OCH3 is 1. The van der Waals surface area contributed by atoms with Crippen molar-refractivity contribution in [3.8, 4) is 0 Å². The van der Waals surface area contributed by atoms with Crippen molar-refractivity contribution >= 4 is 29.4 Å². The zero-order valence-electron chi connectivity index (χ0n) is 14.5. The minimum Gasteiger partial charge on any atom is -0.453 e. The zero-order chi connectivity index (χ0) is 18.3. The Bertz CT molecular complexity index is 593. The third-order valence-electron chi connectivity index (χ3n) is 2.81. The van der Waals surface area contributed by atoms with E-state index in [4.69, 9.17) is 0 Å². The number of carbonyl (C=O) groups excluding carboxylic acids is 3. The van der Waals surface area contributed by atoms with Crippen molar-refractivity contribution in [2.45, 2.75) is 39.3 Å². The molecule has 0 unspecified atom stereocenters. The Morgan fingerprint density at radius 2 is 1.50 bits per heavy atom. The Hall–Kier alpha value is -2.77. The van der Waals surface area contributed by atoms with E-state index < -0.39 is 18.2 Å². The summed E-state index contributed by atoms with van der Waals surface area (Å²) in [5.74, 6) is -0.268. The van der Waals surface area contributed by atoms with Gasteiger partial charge >= 0.3 is 12.1 Å². The number of hydrogen-bond acceptors (Lipinski definition) is 4. The molecular formula is C16H24N4O4. The van der Waals surface area contributed by atoms with Gasteiger partial charge in [-0.15, -0.1) is 0 Å². The van der Waals surface area contributed by atoms with Gasteiger partial charge in [-0.2, -0.15) is 0 Å². The molecule has 4 amide bonds. The highest BCUT2D eigenvalue weighted by Crippen LogP contribution is 2.13. The SMILES string of the molecule is COC(=O)Nc1ccc(NC(=O)N[C@H](C)C(=O)NC(C)(C)C)cc1. The molecule has 0 bridgehead atoms. The Labute approximate surface area is 141 Å². The van der Waals surface area contributed by atoms with Crippen molar-refractivity contribution in [3.05, 3.63) is 24.3 Å². The lowest BCUT2D eigenvalue weighted by Gasteiger charge is -2.23. The van der Waals surface area contributed by atoms with Crippen molar-refractivity contribution in [2.75, 3.05) is 17.7 Å². The second-order valence-corrected chi connectivity index (χ2v) is 6.25. The molecule has 0 aliphatic carbocycles. The monoisotopic (exact) mass is 336 g/mol. The molecule has 0 saturated heterocycles. The normalized spacial score (nSPS) is 11.9. The Morgan fingerprint density at radius 1 is 1.00 bits per heavy atom. The van der Waals surface area contributed by atoms with Gasteiger partial charge in [-0.3, -0.25) is 10.1 Å². The van der Waals surface area contributed by atoms with E-state index in [0.717, 1.165) is 0 Å². The molecule has 1 aromatic rings. The largest absolute Gasteiger partial charge is 0.453 e. The fourth-order valence-corrected chi connectivity index (χ4v) is 1.71. The van der Waals surface area contributed by atoms with E-state index in [9.17, 15) is 14.4 Å². The zero-order valence-corrected chi connectivity index (χ0v) is 14.5. The fraction of sp³-hybridized carbons (Fsp3) is 0.438. The van der Waals surface area contributed by atoms with E-state index in [1.165, 1.54) is 7.11 Å². The van der Waals surface area contributed by atoms with Crippen LogP contribution in [0.1, 0.15) is 27.7 Å². The topological polar surface area (TPSA) is 109 Å². The van der Waals surface area contributed by atoms with Gasteiger partial charge < -0.3 is 20.7 Å². The van der Waals surface area contributed by atoms with Crippen LogP contribution in [0.4, 0.5) is 21.0 Å². The number of rotatable bonds is 4. The molecule has 24 heavy (non-hydrogen) atoms. The van der Waals surface area contributed by atoms with Gasteiger partial charge in [0.15, 0.2) is 0 Å². The van der Waals surface area contributed by atoms with Crippen molar-refractivity contribution < 1.29 is 19.1 Å². The Morgan fingerprint density at radius 3 is 1.96 bits per heavy atom. The summed E-state index contributed by atoms with van der Waals surface area (Å²) in [6.45, 7) is 7.19. The summed E-state index contributed by atoms with van der Waals surface area (Å²) < 4.78 is 4.48. The number of nitrogens with one attached hydrogen (secondary N) is 4. The lowest BCUT2D eigenvalue weighted by atomic mass is 10.1. The molecule has 0 saturated carbocycles. The van der Waals surface area contributed by atoms with Gasteiger partial charge in [0.1, 0.15) is 6.04 Å². The average molecular weight is 336 g/mol. The maximum absolute atomic E-state index is 11.9. The van der Waals surface area contributed by atoms with Gasteiger partial charge in [-0.05, 0) is 52.0 Å². The summed E-state index contributed by atoms with van der Waals surface area (Å²) in [5, 5.41) is 10.5. The average Bonchev–Trinajstić information content (AvgIpc) is 2.47. The summed E-state index contributed by atoms with van der Waals surface area (Å²) in [6, 6.07) is 5.28. The summed E-state index contributed by atoms with van der Waals surface area (Å²) in [5.41, 5.74) is 0.684. The predicted molar refractivity (Wildman–Crippen MR) is 92.0 cm³/mol. The maximum Gasteiger partial charge on any atom is 0.411 e. The summed E-state index contributed by atoms with van der Waals surface area (Å²) in [6.07, 6.45) is -0.577. The molecule has 8 nitrogen and oxygen atoms in total. The van der Waals surface area contributed by atoms with Crippen LogP contribution in [0, 0.1) is 0 Å². The fourth-order valence-electron chi connectivity index (χ4n) is 1.71. The van der Waals surface area contributed by atoms with Gasteiger partial charge in [-0.25, -0.2) is 9.59 Å². The van der Waals surface area contributed by atoms with Gasteiger partial charge in [0.2, 0.25) is 5.91 Å². The number of amides is 4. The molecule has 0 aliphatic rings. The highest BCUT2D eigenvalue weighted by atomic mass is 16.5. The first kappa shape index (κ1) is 19.3. The second kappa shape index (κ2) is 8.19. The van der Waals surface area contributed by atoms with Gasteiger partial charge in [0.05, 0.1) is 7.11 Å². The third-order valence-corrected chi connectivity index (χ3v) is 2.81. The molecule has 0 radical (unpaired) electrons. The highest BCUT2D eigenvalue weighted by Gasteiger charge is 2.20. The van der Waals surface area contributed by atoms with Crippen LogP contribution in [-0.4, -0.2) is 36.7 Å². The van der Waals surface area contributed by atoms with E-state index in [2.05, 4.69) is 26.0 Å². The molecule has 0 aliphatic heterocycles. The molecule has 1 aromatic carbocycles. The van der Waals surface area contributed by atoms with Crippen LogP contribution in [0.25, 0.3) is 0 Å². The highest BCUT2D eigenvalue weighted by molar-refractivity contribution is 5.94. The molecule has 0 spiro atoms. The van der Waals surface area contributed by atoms with E-state index in [1.807, 2.05) is 20.8 Å². The molecular weight excluding hydrogens is 312 g/mol. The lowest BCUT2D eigenvalue weighted by Crippen LogP contribution is -2.51. The summed E-state index contributed by atoms with van der Waals surface area (Å²) in [4.78, 5) is 34.9. The van der Waals surface area contributed by atoms with Gasteiger partial charge in [0, 0.05) is 16.9 Å². The number of carbonyl (C=O) groups is 3. The molecule has 0 heterocycles. The number of ether oxygens (including phenoxy) is 1. The smallest absolute Gasteiger partial charge is 0.411 e. The van der Waals surface area contributed by atoms with E-state index in [0.29, 0.717) is 11.4 Å². The second-order valence-electron chi connectivity index (χ2n) is 6.25. The minimum absolute atomic E-state index is 0.268. The maximum atomic E-state index is 11.9. The van der Waals surface area contributed by atoms with Gasteiger partial charge in [0.25, 0.3) is 0 Å². The number of urea groups is 1. The van der Waals surface area contributed by atoms with Crippen LogP contribution in [0.15, 0.2) is 24.3 Å². The molecule has 8 heteroatoms. The van der Waals surface area contributed by atoms with Crippen LogP contribution in [0.5, 0.6) is 0 Å². The number of anilines is 2. The first-order valence-corrected chi connectivity index (χ1v) is 7.45. The van der Waals surface area contributed by atoms with Crippen molar-refractivity contribution in [1.82, 2.24) is 10.6 Å². The number of benzene rings is 1. The van der Waals surface area contributed by atoms with Crippen molar-refractivity contribution in [1.29, 1.82) is 0 Å². The standard InChI is InChI=1S/C16H24N4O4/c1-10(13(21)20-16(2,3)4)17-14(22)18-11-6-8-12(9-7-11)19-15(23)24-5/h6-10H,1-5H3,(H,19,23)(H,20,21)(H2,17,18,22)/t10-/m1/s1. The van der Waals surface area contributed by atoms with Crippen LogP contribution >= 0.6 is 0 Å². The van der Waals surface area contributed by atoms with Crippen molar-refractivity contribution in [3.63, 3.8) is 0 Å². The first-order valence-electron chi connectivity index (χ1n) is 7.45. The number of hydrogen-bond donors (Lipinski definition) is 4. The van der Waals surface area contributed by atoms with Crippen LogP contribution in [0.3, 0.4) is 0 Å². The molecule has 1 rings (SSSR count). The molecule has 1 atom stereocenters.